The van der Waals surface area contributed by atoms with Gasteiger partial charge in [-0.3, -0.25) is 4.79 Å². The first-order valence-electron chi connectivity index (χ1n) is 4.45. The second kappa shape index (κ2) is 6.14. The highest BCUT2D eigenvalue weighted by molar-refractivity contribution is 6.19. The standard InChI is InChI=1S/C9H11F3O4/c1-3-15-5-6(8(14)16-4-2)7(13)9(10,11)12/h5H,3-4H2,1-2H3/b6-5+. The van der Waals surface area contributed by atoms with Crippen LogP contribution in [0.3, 0.4) is 0 Å². The van der Waals surface area contributed by atoms with Gasteiger partial charge in [0.2, 0.25) is 0 Å². The van der Waals surface area contributed by atoms with E-state index in [1.807, 2.05) is 0 Å². The lowest BCUT2D eigenvalue weighted by Gasteiger charge is -2.08. The molecule has 0 saturated heterocycles. The fourth-order valence-corrected chi connectivity index (χ4v) is 0.723. The van der Waals surface area contributed by atoms with Crippen LogP contribution >= 0.6 is 0 Å². The lowest BCUT2D eigenvalue weighted by molar-refractivity contribution is -0.169. The van der Waals surface area contributed by atoms with Crippen LogP contribution in [0.2, 0.25) is 0 Å². The van der Waals surface area contributed by atoms with Crippen molar-refractivity contribution < 1.29 is 32.2 Å². The zero-order chi connectivity index (χ0) is 12.8. The number of ketones is 1. The van der Waals surface area contributed by atoms with Gasteiger partial charge in [0.05, 0.1) is 13.2 Å². The summed E-state index contributed by atoms with van der Waals surface area (Å²) in [6, 6.07) is 0. The number of carbonyl (C=O) groups excluding carboxylic acids is 2. The molecule has 0 aliphatic heterocycles. The van der Waals surface area contributed by atoms with E-state index in [0.717, 1.165) is 0 Å². The van der Waals surface area contributed by atoms with Crippen LogP contribution in [0.5, 0.6) is 0 Å². The number of halogens is 3. The lowest BCUT2D eigenvalue weighted by Crippen LogP contribution is -2.29. The maximum absolute atomic E-state index is 12.1. The third-order valence-electron chi connectivity index (χ3n) is 1.37. The van der Waals surface area contributed by atoms with Crippen molar-refractivity contribution in [1.82, 2.24) is 0 Å². The number of alkyl halides is 3. The number of hydrogen-bond acceptors (Lipinski definition) is 4. The number of carbonyl (C=O) groups is 2. The topological polar surface area (TPSA) is 52.6 Å². The van der Waals surface area contributed by atoms with Crippen molar-refractivity contribution >= 4 is 11.8 Å². The van der Waals surface area contributed by atoms with E-state index in [4.69, 9.17) is 0 Å². The van der Waals surface area contributed by atoms with Gasteiger partial charge in [0.25, 0.3) is 5.78 Å². The monoisotopic (exact) mass is 240 g/mol. The van der Waals surface area contributed by atoms with Gasteiger partial charge < -0.3 is 9.47 Å². The summed E-state index contributed by atoms with van der Waals surface area (Å²) in [7, 11) is 0. The summed E-state index contributed by atoms with van der Waals surface area (Å²) in [5.41, 5.74) is -1.16. The average Bonchev–Trinajstić information content (AvgIpc) is 2.17. The Morgan fingerprint density at radius 1 is 1.19 bits per heavy atom. The van der Waals surface area contributed by atoms with E-state index in [-0.39, 0.29) is 13.2 Å². The summed E-state index contributed by atoms with van der Waals surface area (Å²) < 4.78 is 45.0. The van der Waals surface area contributed by atoms with Gasteiger partial charge in [0.15, 0.2) is 0 Å². The fourth-order valence-electron chi connectivity index (χ4n) is 0.723. The Morgan fingerprint density at radius 2 is 1.75 bits per heavy atom. The third kappa shape index (κ3) is 4.33. The number of esters is 1. The van der Waals surface area contributed by atoms with Gasteiger partial charge in [-0.25, -0.2) is 4.79 Å². The number of hydrogen-bond donors (Lipinski definition) is 0. The zero-order valence-corrected chi connectivity index (χ0v) is 8.76. The molecule has 0 N–H and O–H groups in total. The van der Waals surface area contributed by atoms with Crippen LogP contribution in [0.25, 0.3) is 0 Å². The Balaban J connectivity index is 4.96. The summed E-state index contributed by atoms with van der Waals surface area (Å²) in [6.45, 7) is 2.81. The molecule has 0 aromatic heterocycles. The second-order valence-electron chi connectivity index (χ2n) is 2.53. The molecule has 0 fully saturated rings. The molecule has 0 spiro atoms. The smallest absolute Gasteiger partial charge is 0.455 e. The van der Waals surface area contributed by atoms with E-state index in [0.29, 0.717) is 6.26 Å². The van der Waals surface area contributed by atoms with Crippen molar-refractivity contribution in [2.45, 2.75) is 20.0 Å². The molecule has 16 heavy (non-hydrogen) atoms. The summed E-state index contributed by atoms with van der Waals surface area (Å²) in [5.74, 6) is -3.63. The van der Waals surface area contributed by atoms with Crippen LogP contribution in [0.15, 0.2) is 11.8 Å². The first-order chi connectivity index (χ1) is 7.34. The Labute approximate surface area is 90.0 Å². The highest BCUT2D eigenvalue weighted by Gasteiger charge is 2.43. The van der Waals surface area contributed by atoms with Crippen LogP contribution in [0, 0.1) is 0 Å². The van der Waals surface area contributed by atoms with Gasteiger partial charge in [0, 0.05) is 0 Å². The van der Waals surface area contributed by atoms with Crippen molar-refractivity contribution in [1.29, 1.82) is 0 Å². The minimum atomic E-state index is -5.13. The van der Waals surface area contributed by atoms with Gasteiger partial charge in [-0.1, -0.05) is 0 Å². The van der Waals surface area contributed by atoms with Gasteiger partial charge in [-0.05, 0) is 13.8 Å². The molecule has 0 radical (unpaired) electrons. The van der Waals surface area contributed by atoms with Crippen LogP contribution in [-0.2, 0) is 19.1 Å². The molecular formula is C9H11F3O4. The Morgan fingerprint density at radius 3 is 2.12 bits per heavy atom. The molecule has 0 rings (SSSR count). The zero-order valence-electron chi connectivity index (χ0n) is 8.76. The largest absolute Gasteiger partial charge is 0.500 e. The molecule has 0 heterocycles. The molecule has 0 aromatic rings. The Hall–Kier alpha value is -1.53. The Kier molecular flexibility index (Phi) is 5.55. The van der Waals surface area contributed by atoms with Crippen molar-refractivity contribution in [2.75, 3.05) is 13.2 Å². The predicted octanol–water partition coefficient (Wildman–Crippen LogP) is 1.60. The molecule has 4 nitrogen and oxygen atoms in total. The lowest BCUT2D eigenvalue weighted by atomic mass is 10.2. The SMILES string of the molecule is CCO/C=C(/C(=O)OCC)C(=O)C(F)(F)F. The summed E-state index contributed by atoms with van der Waals surface area (Å²) >= 11 is 0. The molecule has 0 aromatic carbocycles. The normalized spacial score (nSPS) is 12.2. The quantitative estimate of drug-likeness (QED) is 0.241. The molecule has 92 valence electrons. The third-order valence-corrected chi connectivity index (χ3v) is 1.37. The molecule has 0 bridgehead atoms. The van der Waals surface area contributed by atoms with Gasteiger partial charge in [0.1, 0.15) is 11.8 Å². The van der Waals surface area contributed by atoms with E-state index in [2.05, 4.69) is 9.47 Å². The Bertz CT molecular complexity index is 294. The van der Waals surface area contributed by atoms with Crippen LogP contribution in [0.4, 0.5) is 13.2 Å². The van der Waals surface area contributed by atoms with Crippen LogP contribution in [-0.4, -0.2) is 31.1 Å². The molecule has 0 saturated carbocycles. The molecule has 0 unspecified atom stereocenters. The molecule has 0 atom stereocenters. The summed E-state index contributed by atoms with van der Waals surface area (Å²) in [4.78, 5) is 21.9. The molecule has 0 aliphatic carbocycles. The van der Waals surface area contributed by atoms with E-state index in [1.54, 1.807) is 0 Å². The highest BCUT2D eigenvalue weighted by Crippen LogP contribution is 2.21. The number of ether oxygens (including phenoxy) is 2. The van der Waals surface area contributed by atoms with E-state index >= 15 is 0 Å². The molecule has 0 amide bonds. The average molecular weight is 240 g/mol. The first kappa shape index (κ1) is 14.5. The summed E-state index contributed by atoms with van der Waals surface area (Å²) in [5, 5.41) is 0. The van der Waals surface area contributed by atoms with Crippen molar-refractivity contribution in [3.8, 4) is 0 Å². The van der Waals surface area contributed by atoms with Gasteiger partial charge in [-0.15, -0.1) is 0 Å². The van der Waals surface area contributed by atoms with Gasteiger partial charge >= 0.3 is 12.1 Å². The van der Waals surface area contributed by atoms with Crippen molar-refractivity contribution in [2.24, 2.45) is 0 Å². The maximum Gasteiger partial charge on any atom is 0.455 e. The summed E-state index contributed by atoms with van der Waals surface area (Å²) in [6.07, 6.45) is -4.66. The van der Waals surface area contributed by atoms with E-state index < -0.39 is 23.5 Å². The predicted molar refractivity (Wildman–Crippen MR) is 47.4 cm³/mol. The fraction of sp³-hybridized carbons (Fsp3) is 0.556. The minimum Gasteiger partial charge on any atom is -0.500 e. The first-order valence-corrected chi connectivity index (χ1v) is 4.45. The molecule has 7 heteroatoms. The highest BCUT2D eigenvalue weighted by atomic mass is 19.4. The van der Waals surface area contributed by atoms with Crippen molar-refractivity contribution in [3.63, 3.8) is 0 Å². The molecule has 0 aliphatic rings. The molecular weight excluding hydrogens is 229 g/mol. The second-order valence-corrected chi connectivity index (χ2v) is 2.53. The van der Waals surface area contributed by atoms with Crippen LogP contribution in [0.1, 0.15) is 13.8 Å². The van der Waals surface area contributed by atoms with Crippen LogP contribution < -0.4 is 0 Å². The van der Waals surface area contributed by atoms with Gasteiger partial charge in [-0.2, -0.15) is 13.2 Å². The maximum atomic E-state index is 12.1. The number of Topliss-reactive ketones (excluding diaryl/α,β-unsaturated/α-hetero) is 1. The van der Waals surface area contributed by atoms with E-state index in [9.17, 15) is 22.8 Å². The van der Waals surface area contributed by atoms with Crippen molar-refractivity contribution in [3.05, 3.63) is 11.8 Å². The number of rotatable bonds is 5. The van der Waals surface area contributed by atoms with E-state index in [1.165, 1.54) is 13.8 Å². The minimum absolute atomic E-state index is 0.0358.